The molecule has 0 aliphatic carbocycles. The van der Waals surface area contributed by atoms with Crippen LogP contribution in [-0.2, 0) is 11.8 Å². The molecule has 2 heterocycles. The van der Waals surface area contributed by atoms with Crippen LogP contribution in [0.25, 0.3) is 6.08 Å². The van der Waals surface area contributed by atoms with Crippen molar-refractivity contribution in [2.75, 3.05) is 31.1 Å². The predicted molar refractivity (Wildman–Crippen MR) is 106 cm³/mol. The summed E-state index contributed by atoms with van der Waals surface area (Å²) in [4.78, 5) is 16.9. The van der Waals surface area contributed by atoms with Crippen LogP contribution in [0.1, 0.15) is 28.1 Å². The van der Waals surface area contributed by atoms with Crippen LogP contribution >= 0.6 is 0 Å². The molecule has 0 spiro atoms. The topological polar surface area (TPSA) is 41.4 Å². The van der Waals surface area contributed by atoms with Crippen LogP contribution in [-0.4, -0.2) is 46.8 Å². The minimum absolute atomic E-state index is 0.0771. The fourth-order valence-corrected chi connectivity index (χ4v) is 3.54. The number of amides is 1. The zero-order chi connectivity index (χ0) is 18.8. The molecule has 1 aliphatic heterocycles. The zero-order valence-electron chi connectivity index (χ0n) is 16.4. The quantitative estimate of drug-likeness (QED) is 0.798. The van der Waals surface area contributed by atoms with E-state index in [2.05, 4.69) is 42.0 Å². The smallest absolute Gasteiger partial charge is 0.246 e. The summed E-state index contributed by atoms with van der Waals surface area (Å²) in [5, 5.41) is 4.39. The lowest BCUT2D eigenvalue weighted by Gasteiger charge is -2.36. The molecular formula is C21H28N4O. The second kappa shape index (κ2) is 7.36. The number of hydrogen-bond acceptors (Lipinski definition) is 3. The molecule has 0 unspecified atom stereocenters. The molecule has 3 rings (SSSR count). The molecule has 1 aliphatic rings. The van der Waals surface area contributed by atoms with Gasteiger partial charge in [-0.15, -0.1) is 0 Å². The number of carbonyl (C=O) groups excluding carboxylic acids is 1. The summed E-state index contributed by atoms with van der Waals surface area (Å²) in [6, 6.07) is 6.43. The molecule has 5 nitrogen and oxygen atoms in total. The molecule has 1 fully saturated rings. The van der Waals surface area contributed by atoms with Gasteiger partial charge in [0.2, 0.25) is 5.91 Å². The van der Waals surface area contributed by atoms with Gasteiger partial charge in [-0.3, -0.25) is 9.48 Å². The molecule has 1 amide bonds. The van der Waals surface area contributed by atoms with Gasteiger partial charge in [0.05, 0.1) is 5.69 Å². The van der Waals surface area contributed by atoms with E-state index in [4.69, 9.17) is 0 Å². The highest BCUT2D eigenvalue weighted by Gasteiger charge is 2.21. The third-order valence-corrected chi connectivity index (χ3v) is 5.47. The first-order valence-electron chi connectivity index (χ1n) is 9.17. The summed E-state index contributed by atoms with van der Waals surface area (Å²) in [7, 11) is 1.92. The summed E-state index contributed by atoms with van der Waals surface area (Å²) >= 11 is 0. The van der Waals surface area contributed by atoms with Crippen LogP contribution in [0.4, 0.5) is 5.69 Å². The normalized spacial score (nSPS) is 15.1. The number of rotatable bonds is 3. The van der Waals surface area contributed by atoms with Crippen molar-refractivity contribution in [1.82, 2.24) is 14.7 Å². The number of aryl methyl sites for hydroxylation is 3. The van der Waals surface area contributed by atoms with Crippen LogP contribution < -0.4 is 4.90 Å². The van der Waals surface area contributed by atoms with Gasteiger partial charge in [-0.25, -0.2) is 0 Å². The van der Waals surface area contributed by atoms with Crippen molar-refractivity contribution in [1.29, 1.82) is 0 Å². The number of piperazine rings is 1. The molecule has 1 aromatic heterocycles. The minimum atomic E-state index is 0.0771. The van der Waals surface area contributed by atoms with Crippen LogP contribution in [0.15, 0.2) is 24.3 Å². The zero-order valence-corrected chi connectivity index (χ0v) is 16.4. The summed E-state index contributed by atoms with van der Waals surface area (Å²) in [5.41, 5.74) is 6.99. The van der Waals surface area contributed by atoms with Gasteiger partial charge in [0, 0.05) is 56.2 Å². The Morgan fingerprint density at radius 1 is 1.08 bits per heavy atom. The van der Waals surface area contributed by atoms with E-state index in [1.54, 1.807) is 6.08 Å². The summed E-state index contributed by atoms with van der Waals surface area (Å²) in [6.45, 7) is 11.6. The lowest BCUT2D eigenvalue weighted by atomic mass is 10.1. The number of nitrogens with zero attached hydrogens (tertiary/aromatic N) is 4. The van der Waals surface area contributed by atoms with Crippen LogP contribution in [0.2, 0.25) is 0 Å². The summed E-state index contributed by atoms with van der Waals surface area (Å²) in [5.74, 6) is 0.0771. The minimum Gasteiger partial charge on any atom is -0.368 e. The molecule has 0 radical (unpaired) electrons. The fraction of sp³-hybridized carbons (Fsp3) is 0.429. The van der Waals surface area contributed by atoms with Gasteiger partial charge in [0.15, 0.2) is 0 Å². The van der Waals surface area contributed by atoms with Gasteiger partial charge in [-0.2, -0.15) is 5.10 Å². The van der Waals surface area contributed by atoms with Gasteiger partial charge in [0.25, 0.3) is 0 Å². The molecule has 1 saturated heterocycles. The van der Waals surface area contributed by atoms with Crippen molar-refractivity contribution in [3.63, 3.8) is 0 Å². The van der Waals surface area contributed by atoms with Gasteiger partial charge in [-0.05, 0) is 51.0 Å². The third kappa shape index (κ3) is 3.52. The van der Waals surface area contributed by atoms with Crippen molar-refractivity contribution in [2.24, 2.45) is 7.05 Å². The van der Waals surface area contributed by atoms with Gasteiger partial charge < -0.3 is 9.80 Å². The Morgan fingerprint density at radius 3 is 2.38 bits per heavy atom. The lowest BCUT2D eigenvalue weighted by Crippen LogP contribution is -2.48. The number of carbonyl (C=O) groups is 1. The van der Waals surface area contributed by atoms with Crippen molar-refractivity contribution < 1.29 is 4.79 Å². The third-order valence-electron chi connectivity index (χ3n) is 5.47. The van der Waals surface area contributed by atoms with E-state index >= 15 is 0 Å². The summed E-state index contributed by atoms with van der Waals surface area (Å²) in [6.07, 6.45) is 3.58. The average Bonchev–Trinajstić information content (AvgIpc) is 2.87. The second-order valence-electron chi connectivity index (χ2n) is 7.07. The number of anilines is 1. The second-order valence-corrected chi connectivity index (χ2v) is 7.07. The highest BCUT2D eigenvalue weighted by molar-refractivity contribution is 5.92. The maximum atomic E-state index is 12.6. The average molecular weight is 352 g/mol. The van der Waals surface area contributed by atoms with E-state index < -0.39 is 0 Å². The first-order chi connectivity index (χ1) is 12.4. The SMILES string of the molecule is Cc1cccc(N2CCN(C(=O)/C=C/c3c(C)nn(C)c3C)CC2)c1C. The van der Waals surface area contributed by atoms with E-state index in [0.29, 0.717) is 0 Å². The molecule has 0 saturated carbocycles. The van der Waals surface area contributed by atoms with Gasteiger partial charge in [0.1, 0.15) is 0 Å². The molecule has 5 heteroatoms. The van der Waals surface area contributed by atoms with E-state index in [1.807, 2.05) is 36.6 Å². The van der Waals surface area contributed by atoms with E-state index in [-0.39, 0.29) is 5.91 Å². The van der Waals surface area contributed by atoms with Crippen molar-refractivity contribution in [3.05, 3.63) is 52.4 Å². The summed E-state index contributed by atoms with van der Waals surface area (Å²) < 4.78 is 1.85. The molecule has 1 aromatic carbocycles. The molecular weight excluding hydrogens is 324 g/mol. The monoisotopic (exact) mass is 352 g/mol. The first-order valence-corrected chi connectivity index (χ1v) is 9.17. The molecule has 2 aromatic rings. The number of aromatic nitrogens is 2. The number of hydrogen-bond donors (Lipinski definition) is 0. The molecule has 138 valence electrons. The molecule has 0 bridgehead atoms. The number of benzene rings is 1. The maximum Gasteiger partial charge on any atom is 0.246 e. The molecule has 0 atom stereocenters. The Labute approximate surface area is 155 Å². The fourth-order valence-electron chi connectivity index (χ4n) is 3.54. The Bertz CT molecular complexity index is 842. The Balaban J connectivity index is 1.63. The van der Waals surface area contributed by atoms with Crippen molar-refractivity contribution in [2.45, 2.75) is 27.7 Å². The lowest BCUT2D eigenvalue weighted by molar-refractivity contribution is -0.126. The largest absolute Gasteiger partial charge is 0.368 e. The van der Waals surface area contributed by atoms with Crippen molar-refractivity contribution >= 4 is 17.7 Å². The van der Waals surface area contributed by atoms with Crippen LogP contribution in [0.5, 0.6) is 0 Å². The van der Waals surface area contributed by atoms with Crippen molar-refractivity contribution in [3.8, 4) is 0 Å². The maximum absolute atomic E-state index is 12.6. The van der Waals surface area contributed by atoms with Crippen LogP contribution in [0, 0.1) is 27.7 Å². The molecule has 26 heavy (non-hydrogen) atoms. The predicted octanol–water partition coefficient (Wildman–Crippen LogP) is 3.02. The van der Waals surface area contributed by atoms with E-state index in [1.165, 1.54) is 16.8 Å². The standard InChI is InChI=1S/C21H28N4O/c1-15-7-6-8-20(16(15)2)24-11-13-25(14-12-24)21(26)10-9-19-17(3)22-23(5)18(19)4/h6-10H,11-14H2,1-5H3/b10-9+. The van der Waals surface area contributed by atoms with Crippen LogP contribution in [0.3, 0.4) is 0 Å². The highest BCUT2D eigenvalue weighted by Crippen LogP contribution is 2.24. The Morgan fingerprint density at radius 2 is 1.77 bits per heavy atom. The Kier molecular flexibility index (Phi) is 5.16. The first kappa shape index (κ1) is 18.2. The van der Waals surface area contributed by atoms with Gasteiger partial charge in [-0.1, -0.05) is 12.1 Å². The van der Waals surface area contributed by atoms with E-state index in [9.17, 15) is 4.79 Å². The Hall–Kier alpha value is -2.56. The van der Waals surface area contributed by atoms with E-state index in [0.717, 1.165) is 43.1 Å². The highest BCUT2D eigenvalue weighted by atomic mass is 16.2. The van der Waals surface area contributed by atoms with Gasteiger partial charge >= 0.3 is 0 Å². The molecule has 0 N–H and O–H groups in total.